The summed E-state index contributed by atoms with van der Waals surface area (Å²) in [6, 6.07) is 0. The number of carbonyl (C=O) groups is 1. The van der Waals surface area contributed by atoms with Gasteiger partial charge in [-0.3, -0.25) is 0 Å². The molecule has 0 spiro atoms. The van der Waals surface area contributed by atoms with Crippen molar-refractivity contribution in [1.29, 1.82) is 0 Å². The summed E-state index contributed by atoms with van der Waals surface area (Å²) in [7, 11) is 0. The summed E-state index contributed by atoms with van der Waals surface area (Å²) < 4.78 is 5.17. The van der Waals surface area contributed by atoms with Crippen LogP contribution in [-0.4, -0.2) is 18.2 Å². The van der Waals surface area contributed by atoms with E-state index in [1.807, 2.05) is 20.8 Å². The van der Waals surface area contributed by atoms with E-state index in [2.05, 4.69) is 12.2 Å². The van der Waals surface area contributed by atoms with Gasteiger partial charge in [-0.25, -0.2) is 4.79 Å². The van der Waals surface area contributed by atoms with Crippen molar-refractivity contribution >= 4 is 6.09 Å². The van der Waals surface area contributed by atoms with Crippen LogP contribution in [0.5, 0.6) is 0 Å². The van der Waals surface area contributed by atoms with E-state index in [4.69, 9.17) is 4.74 Å². The molecule has 1 rings (SSSR count). The van der Waals surface area contributed by atoms with Crippen molar-refractivity contribution in [2.45, 2.75) is 52.6 Å². The lowest BCUT2D eigenvalue weighted by Gasteiger charge is -2.20. The van der Waals surface area contributed by atoms with Gasteiger partial charge in [-0.05, 0) is 45.4 Å². The number of nitrogens with one attached hydrogen (secondary N) is 1. The number of hydrogen-bond acceptors (Lipinski definition) is 2. The number of alkyl carbamates (subject to hydrolysis) is 1. The molecule has 15 heavy (non-hydrogen) atoms. The van der Waals surface area contributed by atoms with Gasteiger partial charge in [0.05, 0.1) is 0 Å². The summed E-state index contributed by atoms with van der Waals surface area (Å²) in [5.41, 5.74) is -0.396. The largest absolute Gasteiger partial charge is 0.444 e. The molecule has 0 saturated heterocycles. The minimum absolute atomic E-state index is 0.290. The zero-order valence-corrected chi connectivity index (χ0v) is 10.3. The van der Waals surface area contributed by atoms with Crippen molar-refractivity contribution in [3.05, 3.63) is 0 Å². The highest BCUT2D eigenvalue weighted by Crippen LogP contribution is 2.29. The van der Waals surface area contributed by atoms with Gasteiger partial charge in [-0.15, -0.1) is 0 Å². The number of rotatable bonds is 2. The van der Waals surface area contributed by atoms with Crippen LogP contribution in [0.2, 0.25) is 0 Å². The number of hydrogen-bond donors (Lipinski definition) is 1. The van der Waals surface area contributed by atoms with Gasteiger partial charge in [-0.2, -0.15) is 0 Å². The van der Waals surface area contributed by atoms with Crippen LogP contribution in [0.25, 0.3) is 0 Å². The van der Waals surface area contributed by atoms with Gasteiger partial charge in [0.15, 0.2) is 0 Å². The molecule has 1 aliphatic carbocycles. The van der Waals surface area contributed by atoms with Crippen molar-refractivity contribution in [2.75, 3.05) is 6.54 Å². The minimum Gasteiger partial charge on any atom is -0.444 e. The molecule has 1 amide bonds. The molecule has 88 valence electrons. The topological polar surface area (TPSA) is 38.3 Å². The molecule has 2 atom stereocenters. The van der Waals surface area contributed by atoms with Gasteiger partial charge >= 0.3 is 6.09 Å². The first-order chi connectivity index (χ1) is 6.87. The predicted octanol–water partition coefficient (Wildman–Crippen LogP) is 2.95. The van der Waals surface area contributed by atoms with E-state index < -0.39 is 5.60 Å². The third-order valence-electron chi connectivity index (χ3n) is 2.74. The van der Waals surface area contributed by atoms with Gasteiger partial charge in [0.2, 0.25) is 0 Å². The van der Waals surface area contributed by atoms with Gasteiger partial charge < -0.3 is 10.1 Å². The number of amides is 1. The van der Waals surface area contributed by atoms with Crippen molar-refractivity contribution < 1.29 is 9.53 Å². The van der Waals surface area contributed by atoms with E-state index in [0.717, 1.165) is 12.5 Å². The molecule has 1 aliphatic rings. The van der Waals surface area contributed by atoms with Gasteiger partial charge in [0, 0.05) is 6.54 Å². The lowest BCUT2D eigenvalue weighted by Crippen LogP contribution is -2.34. The highest BCUT2D eigenvalue weighted by molar-refractivity contribution is 5.67. The Balaban J connectivity index is 2.17. The molecule has 3 nitrogen and oxygen atoms in total. The zero-order chi connectivity index (χ0) is 11.5. The molecule has 0 aromatic carbocycles. The van der Waals surface area contributed by atoms with Crippen molar-refractivity contribution in [3.8, 4) is 0 Å². The zero-order valence-electron chi connectivity index (χ0n) is 10.3. The monoisotopic (exact) mass is 213 g/mol. The Labute approximate surface area is 92.6 Å². The normalized spacial score (nSPS) is 26.4. The van der Waals surface area contributed by atoms with Crippen LogP contribution >= 0.6 is 0 Å². The van der Waals surface area contributed by atoms with Crippen LogP contribution in [0.1, 0.15) is 47.0 Å². The molecule has 1 fully saturated rings. The fraction of sp³-hybridized carbons (Fsp3) is 0.917. The van der Waals surface area contributed by atoms with Gasteiger partial charge in [0.25, 0.3) is 0 Å². The van der Waals surface area contributed by atoms with Crippen molar-refractivity contribution in [3.63, 3.8) is 0 Å². The summed E-state index contributed by atoms with van der Waals surface area (Å²) in [5, 5.41) is 2.84. The molecule has 0 aromatic rings. The summed E-state index contributed by atoms with van der Waals surface area (Å²) >= 11 is 0. The minimum atomic E-state index is -0.396. The standard InChI is InChI=1S/C12H23NO2/c1-9-5-6-10(7-9)8-13-11(14)15-12(2,3)4/h9-10H,5-8H2,1-4H3,(H,13,14). The first kappa shape index (κ1) is 12.3. The Morgan fingerprint density at radius 1 is 1.40 bits per heavy atom. The molecule has 0 bridgehead atoms. The average Bonchev–Trinajstić information content (AvgIpc) is 2.45. The fourth-order valence-electron chi connectivity index (χ4n) is 2.05. The maximum absolute atomic E-state index is 11.4. The molecule has 3 heteroatoms. The third kappa shape index (κ3) is 5.05. The van der Waals surface area contributed by atoms with Crippen molar-refractivity contribution in [2.24, 2.45) is 11.8 Å². The maximum atomic E-state index is 11.4. The van der Waals surface area contributed by atoms with Crippen molar-refractivity contribution in [1.82, 2.24) is 5.32 Å². The second-order valence-electron chi connectivity index (χ2n) is 5.67. The SMILES string of the molecule is CC1CCC(CNC(=O)OC(C)(C)C)C1. The molecule has 1 saturated carbocycles. The Morgan fingerprint density at radius 2 is 2.07 bits per heavy atom. The average molecular weight is 213 g/mol. The summed E-state index contributed by atoms with van der Waals surface area (Å²) in [4.78, 5) is 11.4. The van der Waals surface area contributed by atoms with Gasteiger partial charge in [-0.1, -0.05) is 13.3 Å². The van der Waals surface area contributed by atoms with E-state index >= 15 is 0 Å². The second-order valence-corrected chi connectivity index (χ2v) is 5.67. The lowest BCUT2D eigenvalue weighted by molar-refractivity contribution is 0.0519. The van der Waals surface area contributed by atoms with E-state index in [0.29, 0.717) is 5.92 Å². The van der Waals surface area contributed by atoms with E-state index in [9.17, 15) is 4.79 Å². The fourth-order valence-corrected chi connectivity index (χ4v) is 2.05. The van der Waals surface area contributed by atoms with E-state index in [-0.39, 0.29) is 6.09 Å². The predicted molar refractivity (Wildman–Crippen MR) is 60.7 cm³/mol. The molecule has 0 aromatic heterocycles. The number of ether oxygens (including phenoxy) is 1. The van der Waals surface area contributed by atoms with Crippen LogP contribution in [0.4, 0.5) is 4.79 Å². The molecule has 0 radical (unpaired) electrons. The van der Waals surface area contributed by atoms with Crippen LogP contribution in [0, 0.1) is 11.8 Å². The lowest BCUT2D eigenvalue weighted by atomic mass is 10.1. The molecule has 2 unspecified atom stereocenters. The third-order valence-corrected chi connectivity index (χ3v) is 2.74. The second kappa shape index (κ2) is 4.86. The van der Waals surface area contributed by atoms with Gasteiger partial charge in [0.1, 0.15) is 5.60 Å². The molecule has 1 N–H and O–H groups in total. The molecular formula is C12H23NO2. The highest BCUT2D eigenvalue weighted by atomic mass is 16.6. The Hall–Kier alpha value is -0.730. The number of carbonyl (C=O) groups excluding carboxylic acids is 1. The Morgan fingerprint density at radius 3 is 2.53 bits per heavy atom. The quantitative estimate of drug-likeness (QED) is 0.766. The molecule has 0 aliphatic heterocycles. The molecule has 0 heterocycles. The van der Waals surface area contributed by atoms with Crippen LogP contribution < -0.4 is 5.32 Å². The molecular weight excluding hydrogens is 190 g/mol. The summed E-state index contributed by atoms with van der Waals surface area (Å²) in [6.45, 7) is 8.67. The smallest absolute Gasteiger partial charge is 0.407 e. The van der Waals surface area contributed by atoms with Crippen LogP contribution in [0.3, 0.4) is 0 Å². The van der Waals surface area contributed by atoms with Crippen LogP contribution in [0.15, 0.2) is 0 Å². The summed E-state index contributed by atoms with van der Waals surface area (Å²) in [6.07, 6.45) is 3.47. The van der Waals surface area contributed by atoms with E-state index in [1.54, 1.807) is 0 Å². The summed E-state index contributed by atoms with van der Waals surface area (Å²) in [5.74, 6) is 1.46. The first-order valence-corrected chi connectivity index (χ1v) is 5.83. The van der Waals surface area contributed by atoms with Crippen LogP contribution in [-0.2, 0) is 4.74 Å². The highest BCUT2D eigenvalue weighted by Gasteiger charge is 2.22. The Bertz CT molecular complexity index is 220. The van der Waals surface area contributed by atoms with E-state index in [1.165, 1.54) is 19.3 Å². The Kier molecular flexibility index (Phi) is 4.00. The maximum Gasteiger partial charge on any atom is 0.407 e. The first-order valence-electron chi connectivity index (χ1n) is 5.83.